The van der Waals surface area contributed by atoms with Crippen LogP contribution in [-0.4, -0.2) is 40.0 Å². The molecular formula is C16H21N3O2S. The Morgan fingerprint density at radius 3 is 3.23 bits per heavy atom. The highest BCUT2D eigenvalue weighted by Crippen LogP contribution is 2.38. The largest absolute Gasteiger partial charge is 0.458 e. The van der Waals surface area contributed by atoms with E-state index < -0.39 is 0 Å². The van der Waals surface area contributed by atoms with Crippen LogP contribution in [0.5, 0.6) is 0 Å². The molecular weight excluding hydrogens is 298 g/mol. The van der Waals surface area contributed by atoms with Gasteiger partial charge in [0.1, 0.15) is 11.5 Å². The van der Waals surface area contributed by atoms with Crippen LogP contribution in [0.4, 0.5) is 0 Å². The maximum absolute atomic E-state index is 6.07. The van der Waals surface area contributed by atoms with Gasteiger partial charge < -0.3 is 14.5 Å². The minimum Gasteiger partial charge on any atom is -0.458 e. The smallest absolute Gasteiger partial charge is 0.152 e. The number of furan rings is 1. The molecule has 4 rings (SSSR count). The molecule has 2 aliphatic heterocycles. The van der Waals surface area contributed by atoms with Gasteiger partial charge in [-0.2, -0.15) is 16.9 Å². The van der Waals surface area contributed by atoms with Crippen molar-refractivity contribution in [3.05, 3.63) is 30.2 Å². The maximum Gasteiger partial charge on any atom is 0.152 e. The van der Waals surface area contributed by atoms with Gasteiger partial charge in [-0.25, -0.2) is 0 Å². The molecule has 6 heteroatoms. The zero-order valence-corrected chi connectivity index (χ0v) is 13.3. The lowest BCUT2D eigenvalue weighted by Crippen LogP contribution is -2.47. The van der Waals surface area contributed by atoms with Crippen molar-refractivity contribution in [1.29, 1.82) is 0 Å². The Morgan fingerprint density at radius 2 is 2.41 bits per heavy atom. The number of thioether (sulfide) groups is 1. The third kappa shape index (κ3) is 2.95. The number of nitrogens with one attached hydrogen (secondary N) is 2. The standard InChI is InChI=1S/C16H21N3O2S/c1-2-15(14-3-6-18-19-14)21-13(1)10-17-12-4-7-20-16(9-12)5-8-22-11-16/h1-3,6,12,17H,4-5,7-11H2,(H,18,19)/t12-,16-/m1/s1. The van der Waals surface area contributed by atoms with Gasteiger partial charge in [0.25, 0.3) is 0 Å². The normalized spacial score (nSPS) is 28.5. The first-order valence-electron chi connectivity index (χ1n) is 7.87. The molecule has 2 aliphatic rings. The Kier molecular flexibility index (Phi) is 3.98. The van der Waals surface area contributed by atoms with Gasteiger partial charge in [0.15, 0.2) is 5.76 Å². The molecule has 2 aromatic heterocycles. The molecule has 2 atom stereocenters. The number of hydrogen-bond donors (Lipinski definition) is 2. The zero-order valence-electron chi connectivity index (χ0n) is 12.5. The summed E-state index contributed by atoms with van der Waals surface area (Å²) in [6.45, 7) is 1.64. The first-order valence-corrected chi connectivity index (χ1v) is 9.02. The molecule has 0 unspecified atom stereocenters. The molecule has 0 amide bonds. The topological polar surface area (TPSA) is 63.1 Å². The van der Waals surface area contributed by atoms with Gasteiger partial charge >= 0.3 is 0 Å². The highest BCUT2D eigenvalue weighted by molar-refractivity contribution is 7.99. The minimum absolute atomic E-state index is 0.130. The van der Waals surface area contributed by atoms with Crippen molar-refractivity contribution < 1.29 is 9.15 Å². The highest BCUT2D eigenvalue weighted by atomic mass is 32.2. The van der Waals surface area contributed by atoms with E-state index in [1.165, 1.54) is 12.2 Å². The Morgan fingerprint density at radius 1 is 1.41 bits per heavy atom. The summed E-state index contributed by atoms with van der Waals surface area (Å²) >= 11 is 2.02. The molecule has 0 saturated carbocycles. The molecule has 22 heavy (non-hydrogen) atoms. The third-order valence-corrected chi connectivity index (χ3v) is 5.78. The quantitative estimate of drug-likeness (QED) is 0.907. The molecule has 2 aromatic rings. The Bertz CT molecular complexity index is 605. The van der Waals surface area contributed by atoms with Gasteiger partial charge in [-0.05, 0) is 43.2 Å². The predicted molar refractivity (Wildman–Crippen MR) is 86.8 cm³/mol. The Labute approximate surface area is 134 Å². The van der Waals surface area contributed by atoms with E-state index in [1.807, 2.05) is 30.0 Å². The molecule has 5 nitrogen and oxygen atoms in total. The summed E-state index contributed by atoms with van der Waals surface area (Å²) in [6.07, 6.45) is 5.13. The summed E-state index contributed by atoms with van der Waals surface area (Å²) in [6, 6.07) is 6.46. The van der Waals surface area contributed by atoms with Crippen LogP contribution in [0.2, 0.25) is 0 Å². The summed E-state index contributed by atoms with van der Waals surface area (Å²) < 4.78 is 11.9. The molecule has 4 heterocycles. The van der Waals surface area contributed by atoms with Crippen molar-refractivity contribution in [2.24, 2.45) is 0 Å². The summed E-state index contributed by atoms with van der Waals surface area (Å²) in [5.74, 6) is 4.19. The minimum atomic E-state index is 0.130. The van der Waals surface area contributed by atoms with Crippen LogP contribution in [0.1, 0.15) is 25.0 Å². The molecule has 118 valence electrons. The van der Waals surface area contributed by atoms with Crippen LogP contribution < -0.4 is 5.32 Å². The van der Waals surface area contributed by atoms with Gasteiger partial charge in [0.2, 0.25) is 0 Å². The van der Waals surface area contributed by atoms with Gasteiger partial charge in [-0.1, -0.05) is 0 Å². The van der Waals surface area contributed by atoms with Gasteiger partial charge in [-0.3, -0.25) is 5.10 Å². The SMILES string of the molecule is c1cc(-c2ccc(CN[C@@H]3CCO[C@]4(CCSC4)C3)o2)[nH]n1. The van der Waals surface area contributed by atoms with Crippen molar-refractivity contribution >= 4 is 11.8 Å². The molecule has 0 aromatic carbocycles. The molecule has 2 N–H and O–H groups in total. The highest BCUT2D eigenvalue weighted by Gasteiger charge is 2.40. The molecule has 0 bridgehead atoms. The van der Waals surface area contributed by atoms with Crippen LogP contribution >= 0.6 is 11.8 Å². The van der Waals surface area contributed by atoms with Gasteiger partial charge in [0, 0.05) is 24.6 Å². The monoisotopic (exact) mass is 319 g/mol. The molecule has 2 saturated heterocycles. The van der Waals surface area contributed by atoms with E-state index in [0.29, 0.717) is 6.04 Å². The molecule has 1 spiro atoms. The van der Waals surface area contributed by atoms with Gasteiger partial charge in [-0.15, -0.1) is 0 Å². The number of aromatic amines is 1. The van der Waals surface area contributed by atoms with Crippen LogP contribution in [0.3, 0.4) is 0 Å². The fourth-order valence-corrected chi connectivity index (χ4v) is 4.70. The fraction of sp³-hybridized carbons (Fsp3) is 0.562. The second-order valence-electron chi connectivity index (χ2n) is 6.14. The lowest BCUT2D eigenvalue weighted by molar-refractivity contribution is -0.0704. The number of rotatable bonds is 4. The summed E-state index contributed by atoms with van der Waals surface area (Å²) in [7, 11) is 0. The van der Waals surface area contributed by atoms with Crippen molar-refractivity contribution in [3.63, 3.8) is 0 Å². The van der Waals surface area contributed by atoms with E-state index in [1.54, 1.807) is 6.20 Å². The Balaban J connectivity index is 1.34. The molecule has 0 aliphatic carbocycles. The van der Waals surface area contributed by atoms with Crippen molar-refractivity contribution in [2.75, 3.05) is 18.1 Å². The number of aromatic nitrogens is 2. The number of H-pyrrole nitrogens is 1. The predicted octanol–water partition coefficient (Wildman–Crippen LogP) is 2.81. The van der Waals surface area contributed by atoms with E-state index >= 15 is 0 Å². The summed E-state index contributed by atoms with van der Waals surface area (Å²) in [4.78, 5) is 0. The van der Waals surface area contributed by atoms with E-state index in [9.17, 15) is 0 Å². The average molecular weight is 319 g/mol. The first kappa shape index (κ1) is 14.4. The second-order valence-corrected chi connectivity index (χ2v) is 7.25. The first-order chi connectivity index (χ1) is 10.8. The van der Waals surface area contributed by atoms with Crippen LogP contribution in [-0.2, 0) is 11.3 Å². The van der Waals surface area contributed by atoms with E-state index in [2.05, 4.69) is 15.5 Å². The van der Waals surface area contributed by atoms with Crippen LogP contribution in [0, 0.1) is 0 Å². The number of hydrogen-bond acceptors (Lipinski definition) is 5. The third-order valence-electron chi connectivity index (χ3n) is 4.55. The van der Waals surface area contributed by atoms with Gasteiger partial charge in [0.05, 0.1) is 12.1 Å². The number of nitrogens with zero attached hydrogens (tertiary/aromatic N) is 1. The molecule has 2 fully saturated rings. The summed E-state index contributed by atoms with van der Waals surface area (Å²) in [5.41, 5.74) is 1.05. The fourth-order valence-electron chi connectivity index (χ4n) is 3.32. The maximum atomic E-state index is 6.07. The average Bonchev–Trinajstić information content (AvgIpc) is 3.27. The van der Waals surface area contributed by atoms with Crippen molar-refractivity contribution in [3.8, 4) is 11.5 Å². The van der Waals surface area contributed by atoms with Crippen LogP contribution in [0.25, 0.3) is 11.5 Å². The van der Waals surface area contributed by atoms with Crippen molar-refractivity contribution in [2.45, 2.75) is 37.5 Å². The van der Waals surface area contributed by atoms with Crippen molar-refractivity contribution in [1.82, 2.24) is 15.5 Å². The van der Waals surface area contributed by atoms with E-state index in [-0.39, 0.29) is 5.60 Å². The van der Waals surface area contributed by atoms with E-state index in [4.69, 9.17) is 9.15 Å². The summed E-state index contributed by atoms with van der Waals surface area (Å²) in [5, 5.41) is 10.5. The lowest BCUT2D eigenvalue weighted by Gasteiger charge is -2.38. The van der Waals surface area contributed by atoms with Crippen LogP contribution in [0.15, 0.2) is 28.8 Å². The zero-order chi connectivity index (χ0) is 14.8. The second kappa shape index (κ2) is 6.10. The number of ether oxygens (including phenoxy) is 1. The molecule has 0 radical (unpaired) electrons. The van der Waals surface area contributed by atoms with E-state index in [0.717, 1.165) is 49.0 Å². The lowest BCUT2D eigenvalue weighted by atomic mass is 9.90. The Hall–Kier alpha value is -1.24.